The number of halogens is 1. The molecule has 1 aliphatic carbocycles. The summed E-state index contributed by atoms with van der Waals surface area (Å²) in [6, 6.07) is 9.37. The van der Waals surface area contributed by atoms with Crippen LogP contribution in [0.5, 0.6) is 0 Å². The Morgan fingerprint density at radius 3 is 2.81 bits per heavy atom. The van der Waals surface area contributed by atoms with E-state index in [-0.39, 0.29) is 23.7 Å². The van der Waals surface area contributed by atoms with Gasteiger partial charge in [0.25, 0.3) is 0 Å². The summed E-state index contributed by atoms with van der Waals surface area (Å²) in [5, 5.41) is 12.8. The smallest absolute Gasteiger partial charge is 0.224 e. The normalized spacial score (nSPS) is 28.7. The molecule has 1 N–H and O–H groups in total. The molecule has 2 fully saturated rings. The van der Waals surface area contributed by atoms with E-state index in [0.29, 0.717) is 18.2 Å². The third-order valence-corrected chi connectivity index (χ3v) is 4.55. The van der Waals surface area contributed by atoms with Gasteiger partial charge in [0, 0.05) is 23.5 Å². The molecule has 4 atom stereocenters. The van der Waals surface area contributed by atoms with E-state index in [1.165, 1.54) is 0 Å². The topological polar surface area (TPSA) is 62.1 Å². The van der Waals surface area contributed by atoms with Crippen LogP contribution in [-0.4, -0.2) is 25.2 Å². The fourth-order valence-electron chi connectivity index (χ4n) is 2.89. The Morgan fingerprint density at radius 1 is 1.43 bits per heavy atom. The molecule has 1 aromatic carbocycles. The van der Waals surface area contributed by atoms with Crippen LogP contribution in [0.25, 0.3) is 0 Å². The lowest BCUT2D eigenvalue weighted by molar-refractivity contribution is -0.123. The lowest BCUT2D eigenvalue weighted by Crippen LogP contribution is -2.40. The first-order valence-electron chi connectivity index (χ1n) is 7.22. The van der Waals surface area contributed by atoms with Gasteiger partial charge in [0.05, 0.1) is 12.7 Å². The maximum Gasteiger partial charge on any atom is 0.224 e. The van der Waals surface area contributed by atoms with Gasteiger partial charge in [0.2, 0.25) is 5.91 Å². The Kier molecular flexibility index (Phi) is 4.14. The molecule has 2 aliphatic rings. The quantitative estimate of drug-likeness (QED) is 0.929. The number of carbonyl (C=O) groups is 1. The molecule has 0 spiro atoms. The van der Waals surface area contributed by atoms with Crippen molar-refractivity contribution in [3.63, 3.8) is 0 Å². The van der Waals surface area contributed by atoms with Crippen molar-refractivity contribution in [1.29, 1.82) is 5.26 Å². The van der Waals surface area contributed by atoms with E-state index in [2.05, 4.69) is 11.4 Å². The minimum atomic E-state index is -0.438. The van der Waals surface area contributed by atoms with Crippen LogP contribution in [0.2, 0.25) is 5.02 Å². The average Bonchev–Trinajstić information content (AvgIpc) is 3.11. The minimum Gasteiger partial charge on any atom is -0.381 e. The third-order valence-electron chi connectivity index (χ3n) is 4.30. The van der Waals surface area contributed by atoms with E-state index in [0.717, 1.165) is 18.4 Å². The number of nitrogens with one attached hydrogen (secondary N) is 1. The van der Waals surface area contributed by atoms with E-state index in [1.54, 1.807) is 0 Å². The van der Waals surface area contributed by atoms with Gasteiger partial charge >= 0.3 is 0 Å². The number of amides is 1. The molecule has 4 nitrogen and oxygen atoms in total. The lowest BCUT2D eigenvalue weighted by atomic mass is 10.00. The van der Waals surface area contributed by atoms with Crippen LogP contribution in [0.3, 0.4) is 0 Å². The first kappa shape index (κ1) is 14.4. The van der Waals surface area contributed by atoms with Crippen molar-refractivity contribution in [2.75, 3.05) is 13.2 Å². The Balaban J connectivity index is 1.57. The second kappa shape index (κ2) is 6.05. The molecule has 0 unspecified atom stereocenters. The molecular formula is C16H17ClN2O2. The monoisotopic (exact) mass is 304 g/mol. The highest BCUT2D eigenvalue weighted by Gasteiger charge is 2.45. The van der Waals surface area contributed by atoms with Crippen molar-refractivity contribution in [2.45, 2.75) is 24.8 Å². The molecule has 1 amide bonds. The van der Waals surface area contributed by atoms with Gasteiger partial charge in [-0.2, -0.15) is 5.26 Å². The third kappa shape index (κ3) is 3.20. The molecule has 1 aliphatic heterocycles. The van der Waals surface area contributed by atoms with Crippen LogP contribution in [-0.2, 0) is 9.53 Å². The zero-order valence-electron chi connectivity index (χ0n) is 11.6. The molecule has 110 valence electrons. The Morgan fingerprint density at radius 2 is 2.19 bits per heavy atom. The molecule has 21 heavy (non-hydrogen) atoms. The molecule has 3 rings (SSSR count). The summed E-state index contributed by atoms with van der Waals surface area (Å²) in [5.74, 6) is 0.325. The highest BCUT2D eigenvalue weighted by molar-refractivity contribution is 6.30. The predicted octanol–water partition coefficient (Wildman–Crippen LogP) is 2.49. The fraction of sp³-hybridized carbons (Fsp3) is 0.500. The van der Waals surface area contributed by atoms with E-state index < -0.39 is 6.04 Å². The zero-order valence-corrected chi connectivity index (χ0v) is 12.3. The standard InChI is InChI=1S/C16H17ClN2O2/c17-12-3-1-10(2-4-12)13-7-14(13)16(20)19-15(8-18)11-5-6-21-9-11/h1-4,11,13-15H,5-7,9H2,(H,19,20)/t11-,13+,14-,15+/m1/s1. The van der Waals surface area contributed by atoms with Crippen molar-refractivity contribution in [1.82, 2.24) is 5.32 Å². The number of carbonyl (C=O) groups excluding carboxylic acids is 1. The summed E-state index contributed by atoms with van der Waals surface area (Å²) in [4.78, 5) is 12.3. The van der Waals surface area contributed by atoms with E-state index in [1.807, 2.05) is 24.3 Å². The van der Waals surface area contributed by atoms with E-state index in [9.17, 15) is 10.1 Å². The second-order valence-electron chi connectivity index (χ2n) is 5.74. The number of rotatable bonds is 4. The van der Waals surface area contributed by atoms with E-state index >= 15 is 0 Å². The Labute approximate surface area is 129 Å². The van der Waals surface area contributed by atoms with Crippen LogP contribution >= 0.6 is 11.6 Å². The summed E-state index contributed by atoms with van der Waals surface area (Å²) < 4.78 is 5.28. The molecule has 5 heteroatoms. The van der Waals surface area contributed by atoms with Gasteiger partial charge in [0.15, 0.2) is 0 Å². The van der Waals surface area contributed by atoms with Gasteiger partial charge in [-0.15, -0.1) is 0 Å². The van der Waals surface area contributed by atoms with Crippen molar-refractivity contribution >= 4 is 17.5 Å². The number of nitrogens with zero attached hydrogens (tertiary/aromatic N) is 1. The maximum absolute atomic E-state index is 12.3. The van der Waals surface area contributed by atoms with Crippen LogP contribution in [0.1, 0.15) is 24.3 Å². The van der Waals surface area contributed by atoms with Gasteiger partial charge < -0.3 is 10.1 Å². The van der Waals surface area contributed by atoms with Crippen molar-refractivity contribution < 1.29 is 9.53 Å². The fourth-order valence-corrected chi connectivity index (χ4v) is 3.02. The summed E-state index contributed by atoms with van der Waals surface area (Å²) in [6.07, 6.45) is 1.68. The van der Waals surface area contributed by atoms with Crippen LogP contribution < -0.4 is 5.32 Å². The van der Waals surface area contributed by atoms with Gasteiger partial charge in [0.1, 0.15) is 6.04 Å². The SMILES string of the molecule is N#C[C@H](NC(=O)[C@@H]1C[C@H]1c1ccc(Cl)cc1)[C@@H]1CCOC1. The number of nitriles is 1. The van der Waals surface area contributed by atoms with Gasteiger partial charge in [-0.1, -0.05) is 23.7 Å². The van der Waals surface area contributed by atoms with Crippen LogP contribution in [0, 0.1) is 23.2 Å². The molecule has 1 heterocycles. The molecule has 1 saturated carbocycles. The summed E-state index contributed by atoms with van der Waals surface area (Å²) in [6.45, 7) is 1.24. The highest BCUT2D eigenvalue weighted by atomic mass is 35.5. The molecular weight excluding hydrogens is 288 g/mol. The Hall–Kier alpha value is -1.57. The number of benzene rings is 1. The van der Waals surface area contributed by atoms with Gasteiger partial charge in [-0.25, -0.2) is 0 Å². The number of hydrogen-bond acceptors (Lipinski definition) is 3. The van der Waals surface area contributed by atoms with E-state index in [4.69, 9.17) is 16.3 Å². The van der Waals surface area contributed by atoms with Crippen molar-refractivity contribution in [3.8, 4) is 6.07 Å². The summed E-state index contributed by atoms with van der Waals surface area (Å²) in [5.41, 5.74) is 1.14. The van der Waals surface area contributed by atoms with Crippen LogP contribution in [0.15, 0.2) is 24.3 Å². The lowest BCUT2D eigenvalue weighted by Gasteiger charge is -2.16. The second-order valence-corrected chi connectivity index (χ2v) is 6.18. The first-order chi connectivity index (χ1) is 10.2. The van der Waals surface area contributed by atoms with Gasteiger partial charge in [-0.3, -0.25) is 4.79 Å². The number of ether oxygens (including phenoxy) is 1. The van der Waals surface area contributed by atoms with Crippen molar-refractivity contribution in [2.24, 2.45) is 11.8 Å². The molecule has 0 radical (unpaired) electrons. The zero-order chi connectivity index (χ0) is 14.8. The Bertz CT molecular complexity index is 561. The van der Waals surface area contributed by atoms with Gasteiger partial charge in [-0.05, 0) is 36.5 Å². The number of hydrogen-bond donors (Lipinski definition) is 1. The summed E-state index contributed by atoms with van der Waals surface area (Å²) >= 11 is 5.87. The van der Waals surface area contributed by atoms with Crippen LogP contribution in [0.4, 0.5) is 0 Å². The molecule has 0 aromatic heterocycles. The average molecular weight is 305 g/mol. The maximum atomic E-state index is 12.3. The first-order valence-corrected chi connectivity index (χ1v) is 7.60. The summed E-state index contributed by atoms with van der Waals surface area (Å²) in [7, 11) is 0. The highest BCUT2D eigenvalue weighted by Crippen LogP contribution is 2.47. The van der Waals surface area contributed by atoms with Crippen molar-refractivity contribution in [3.05, 3.63) is 34.9 Å². The largest absolute Gasteiger partial charge is 0.381 e. The minimum absolute atomic E-state index is 0.0200. The predicted molar refractivity (Wildman–Crippen MR) is 78.8 cm³/mol. The molecule has 1 aromatic rings. The molecule has 1 saturated heterocycles. The molecule has 0 bridgehead atoms.